The van der Waals surface area contributed by atoms with Crippen molar-refractivity contribution in [1.82, 2.24) is 14.9 Å². The summed E-state index contributed by atoms with van der Waals surface area (Å²) in [5.41, 5.74) is 0.856. The number of ether oxygens (including phenoxy) is 1. The highest BCUT2D eigenvalue weighted by Gasteiger charge is 2.17. The summed E-state index contributed by atoms with van der Waals surface area (Å²) in [7, 11) is 0. The van der Waals surface area contributed by atoms with E-state index in [-0.39, 0.29) is 30.4 Å². The number of nitrogens with one attached hydrogen (secondary N) is 1. The molecular weight excluding hydrogens is 374 g/mol. The van der Waals surface area contributed by atoms with E-state index in [2.05, 4.69) is 16.9 Å². The minimum Gasteiger partial charge on any atom is -0.394 e. The summed E-state index contributed by atoms with van der Waals surface area (Å²) in [6.07, 6.45) is 1.64. The van der Waals surface area contributed by atoms with Crippen molar-refractivity contribution < 1.29 is 14.6 Å². The molecule has 0 radical (unpaired) electrons. The lowest BCUT2D eigenvalue weighted by Gasteiger charge is -2.10. The molecule has 0 aromatic carbocycles. The van der Waals surface area contributed by atoms with Crippen LogP contribution in [0.4, 0.5) is 0 Å². The zero-order valence-electron chi connectivity index (χ0n) is 14.9. The van der Waals surface area contributed by atoms with Gasteiger partial charge in [0, 0.05) is 18.0 Å². The van der Waals surface area contributed by atoms with Crippen LogP contribution in [0.15, 0.2) is 22.6 Å². The van der Waals surface area contributed by atoms with E-state index >= 15 is 0 Å². The molecule has 9 heteroatoms. The number of aryl methyl sites for hydroxylation is 2. The van der Waals surface area contributed by atoms with Crippen LogP contribution in [0.5, 0.6) is 0 Å². The molecule has 2 aromatic rings. The molecule has 0 saturated carbocycles. The van der Waals surface area contributed by atoms with Gasteiger partial charge >= 0.3 is 0 Å². The second-order valence-corrected chi connectivity index (χ2v) is 7.68. The van der Waals surface area contributed by atoms with Gasteiger partial charge in [0.2, 0.25) is 5.91 Å². The molecule has 26 heavy (non-hydrogen) atoms. The summed E-state index contributed by atoms with van der Waals surface area (Å²) < 4.78 is 6.64. The highest BCUT2D eigenvalue weighted by atomic mass is 32.2. The average molecular weight is 398 g/mol. The van der Waals surface area contributed by atoms with Gasteiger partial charge in [-0.2, -0.15) is 0 Å². The first-order valence-electron chi connectivity index (χ1n) is 8.19. The average Bonchev–Trinajstić information content (AvgIpc) is 2.90. The second kappa shape index (κ2) is 9.86. The fraction of sp³-hybridized carbons (Fsp3) is 0.471. The molecule has 2 rings (SSSR count). The van der Waals surface area contributed by atoms with Gasteiger partial charge in [-0.1, -0.05) is 17.8 Å². The highest BCUT2D eigenvalue weighted by molar-refractivity contribution is 7.99. The molecule has 0 spiro atoms. The summed E-state index contributed by atoms with van der Waals surface area (Å²) in [4.78, 5) is 31.1. The Labute approximate surface area is 160 Å². The SMILES string of the molecule is C=CCn1c(SCC(=O)NCCOCCO)nc2sc(C)c(C)c2c1=O. The molecule has 0 aliphatic heterocycles. The Hall–Kier alpha value is -1.68. The third kappa shape index (κ3) is 4.94. The summed E-state index contributed by atoms with van der Waals surface area (Å²) in [6.45, 7) is 8.86. The molecular formula is C17H23N3O4S2. The van der Waals surface area contributed by atoms with E-state index in [4.69, 9.17) is 9.84 Å². The molecule has 142 valence electrons. The molecule has 7 nitrogen and oxygen atoms in total. The monoisotopic (exact) mass is 397 g/mol. The number of thiophene rings is 1. The molecule has 2 N–H and O–H groups in total. The predicted molar refractivity (Wildman–Crippen MR) is 105 cm³/mol. The van der Waals surface area contributed by atoms with Gasteiger partial charge in [-0.3, -0.25) is 14.2 Å². The van der Waals surface area contributed by atoms with E-state index < -0.39 is 0 Å². The summed E-state index contributed by atoms with van der Waals surface area (Å²) in [5, 5.41) is 12.5. The first kappa shape index (κ1) is 20.6. The van der Waals surface area contributed by atoms with Crippen molar-refractivity contribution in [3.8, 4) is 0 Å². The topological polar surface area (TPSA) is 93.5 Å². The van der Waals surface area contributed by atoms with Crippen LogP contribution in [0.1, 0.15) is 10.4 Å². The number of thioether (sulfide) groups is 1. The molecule has 1 amide bonds. The van der Waals surface area contributed by atoms with Crippen LogP contribution >= 0.6 is 23.1 Å². The maximum atomic E-state index is 12.8. The number of allylic oxidation sites excluding steroid dienone is 1. The van der Waals surface area contributed by atoms with E-state index in [9.17, 15) is 9.59 Å². The quantitative estimate of drug-likeness (QED) is 0.273. The van der Waals surface area contributed by atoms with Gasteiger partial charge < -0.3 is 15.2 Å². The molecule has 0 bridgehead atoms. The number of amides is 1. The van der Waals surface area contributed by atoms with Crippen molar-refractivity contribution in [2.45, 2.75) is 25.5 Å². The first-order chi connectivity index (χ1) is 12.5. The fourth-order valence-electron chi connectivity index (χ4n) is 2.32. The Bertz CT molecular complexity index is 845. The minimum atomic E-state index is -0.166. The normalized spacial score (nSPS) is 11.0. The van der Waals surface area contributed by atoms with E-state index in [1.165, 1.54) is 23.1 Å². The third-order valence-electron chi connectivity index (χ3n) is 3.70. The van der Waals surface area contributed by atoms with Crippen LogP contribution in [0.3, 0.4) is 0 Å². The van der Waals surface area contributed by atoms with E-state index in [1.807, 2.05) is 13.8 Å². The van der Waals surface area contributed by atoms with Gasteiger partial charge in [-0.15, -0.1) is 17.9 Å². The number of nitrogens with zero attached hydrogens (tertiary/aromatic N) is 2. The largest absolute Gasteiger partial charge is 0.394 e. The second-order valence-electron chi connectivity index (χ2n) is 5.54. The Morgan fingerprint density at radius 3 is 2.92 bits per heavy atom. The van der Waals surface area contributed by atoms with Gasteiger partial charge in [0.05, 0.1) is 31.0 Å². The fourth-order valence-corrected chi connectivity index (χ4v) is 4.23. The van der Waals surface area contributed by atoms with Gasteiger partial charge in [0.25, 0.3) is 5.56 Å². The zero-order valence-corrected chi connectivity index (χ0v) is 16.5. The molecule has 0 aliphatic rings. The minimum absolute atomic E-state index is 0.0412. The van der Waals surface area contributed by atoms with Gasteiger partial charge in [0.15, 0.2) is 5.16 Å². The number of aliphatic hydroxyl groups excluding tert-OH is 1. The number of hydrogen-bond donors (Lipinski definition) is 2. The summed E-state index contributed by atoms with van der Waals surface area (Å²) in [5.74, 6) is -0.0149. The van der Waals surface area contributed by atoms with Gasteiger partial charge in [0.1, 0.15) is 4.83 Å². The maximum absolute atomic E-state index is 12.8. The van der Waals surface area contributed by atoms with Gasteiger partial charge in [-0.05, 0) is 19.4 Å². The van der Waals surface area contributed by atoms with Crippen molar-refractivity contribution in [2.75, 3.05) is 32.1 Å². The molecule has 0 atom stereocenters. The molecule has 0 unspecified atom stereocenters. The van der Waals surface area contributed by atoms with Crippen LogP contribution in [0.25, 0.3) is 10.2 Å². The van der Waals surface area contributed by atoms with Crippen LogP contribution in [0, 0.1) is 13.8 Å². The highest BCUT2D eigenvalue weighted by Crippen LogP contribution is 2.28. The summed E-state index contributed by atoms with van der Waals surface area (Å²) in [6, 6.07) is 0. The molecule has 0 fully saturated rings. The van der Waals surface area contributed by atoms with Crippen molar-refractivity contribution in [3.05, 3.63) is 33.4 Å². The lowest BCUT2D eigenvalue weighted by molar-refractivity contribution is -0.118. The van der Waals surface area contributed by atoms with Crippen LogP contribution in [0.2, 0.25) is 0 Å². The van der Waals surface area contributed by atoms with E-state index in [0.717, 1.165) is 10.4 Å². The van der Waals surface area contributed by atoms with E-state index in [0.29, 0.717) is 35.1 Å². The van der Waals surface area contributed by atoms with Crippen molar-refractivity contribution in [1.29, 1.82) is 0 Å². The Morgan fingerprint density at radius 2 is 2.23 bits per heavy atom. The Balaban J connectivity index is 2.11. The molecule has 0 saturated heterocycles. The first-order valence-corrected chi connectivity index (χ1v) is 9.99. The van der Waals surface area contributed by atoms with Crippen molar-refractivity contribution in [3.63, 3.8) is 0 Å². The number of carbonyl (C=O) groups excluding carboxylic acids is 1. The lowest BCUT2D eigenvalue weighted by atomic mass is 10.2. The van der Waals surface area contributed by atoms with Gasteiger partial charge in [-0.25, -0.2) is 4.98 Å². The Kier molecular flexibility index (Phi) is 7.83. The van der Waals surface area contributed by atoms with Crippen LogP contribution < -0.4 is 10.9 Å². The summed E-state index contributed by atoms with van der Waals surface area (Å²) >= 11 is 2.71. The van der Waals surface area contributed by atoms with Crippen molar-refractivity contribution >= 4 is 39.2 Å². The lowest BCUT2D eigenvalue weighted by Crippen LogP contribution is -2.29. The number of hydrogen-bond acceptors (Lipinski definition) is 7. The number of aliphatic hydroxyl groups is 1. The zero-order chi connectivity index (χ0) is 19.1. The number of rotatable bonds is 10. The molecule has 2 aromatic heterocycles. The number of carbonyl (C=O) groups is 1. The maximum Gasteiger partial charge on any atom is 0.263 e. The number of aromatic nitrogens is 2. The smallest absolute Gasteiger partial charge is 0.263 e. The third-order valence-corrected chi connectivity index (χ3v) is 5.78. The predicted octanol–water partition coefficient (Wildman–Crippen LogP) is 1.48. The Morgan fingerprint density at radius 1 is 1.46 bits per heavy atom. The molecule has 0 aliphatic carbocycles. The number of fused-ring (bicyclic) bond motifs is 1. The van der Waals surface area contributed by atoms with Crippen LogP contribution in [-0.2, 0) is 16.1 Å². The van der Waals surface area contributed by atoms with Crippen molar-refractivity contribution in [2.24, 2.45) is 0 Å². The van der Waals surface area contributed by atoms with E-state index in [1.54, 1.807) is 10.6 Å². The van der Waals surface area contributed by atoms with Crippen LogP contribution in [-0.4, -0.2) is 52.7 Å². The molecule has 2 heterocycles. The standard InChI is InChI=1S/C17H23N3O4S2/c1-4-6-20-16(23)14-11(2)12(3)26-15(14)19-17(20)25-10-13(22)18-5-8-24-9-7-21/h4,21H,1,5-10H2,2-3H3,(H,18,22).